The van der Waals surface area contributed by atoms with Gasteiger partial charge in [-0.1, -0.05) is 35.9 Å². The zero-order valence-electron chi connectivity index (χ0n) is 21.7. The third-order valence-electron chi connectivity index (χ3n) is 7.54. The molecule has 3 atom stereocenters. The van der Waals surface area contributed by atoms with E-state index in [-0.39, 0.29) is 12.7 Å². The van der Waals surface area contributed by atoms with E-state index in [9.17, 15) is 4.79 Å². The van der Waals surface area contributed by atoms with Crippen molar-refractivity contribution in [3.8, 4) is 23.0 Å². The second kappa shape index (κ2) is 9.09. The van der Waals surface area contributed by atoms with Gasteiger partial charge in [0.25, 0.3) is 0 Å². The maximum atomic E-state index is 14.1. The predicted molar refractivity (Wildman–Crippen MR) is 147 cm³/mol. The highest BCUT2D eigenvalue weighted by molar-refractivity contribution is 7.80. The van der Waals surface area contributed by atoms with Crippen molar-refractivity contribution < 1.29 is 23.7 Å². The van der Waals surface area contributed by atoms with Crippen LogP contribution < -0.4 is 29.6 Å². The van der Waals surface area contributed by atoms with E-state index >= 15 is 0 Å². The van der Waals surface area contributed by atoms with Crippen molar-refractivity contribution in [2.24, 2.45) is 5.92 Å². The van der Waals surface area contributed by atoms with Crippen LogP contribution in [0.25, 0.3) is 0 Å². The van der Waals surface area contributed by atoms with E-state index in [0.29, 0.717) is 34.7 Å². The maximum Gasteiger partial charge on any atom is 0.236 e. The first-order chi connectivity index (χ1) is 18.3. The molecule has 3 aliphatic rings. The lowest BCUT2D eigenvalue weighted by atomic mass is 9.78. The lowest BCUT2D eigenvalue weighted by Crippen LogP contribution is -2.71. The predicted octanol–water partition coefficient (Wildman–Crippen LogP) is 4.84. The van der Waals surface area contributed by atoms with Crippen LogP contribution in [-0.2, 0) is 11.3 Å². The molecule has 3 aliphatic heterocycles. The van der Waals surface area contributed by atoms with Crippen molar-refractivity contribution in [3.63, 3.8) is 0 Å². The van der Waals surface area contributed by atoms with Crippen LogP contribution in [0.2, 0.25) is 0 Å². The minimum absolute atomic E-state index is 0.163. The van der Waals surface area contributed by atoms with Gasteiger partial charge in [0.05, 0.1) is 13.2 Å². The van der Waals surface area contributed by atoms with Crippen molar-refractivity contribution in [1.82, 2.24) is 10.2 Å². The van der Waals surface area contributed by atoms with Crippen LogP contribution in [0.4, 0.5) is 5.69 Å². The number of hydrogen-bond donors (Lipinski definition) is 2. The number of nitrogens with zero attached hydrogens (tertiary/aromatic N) is 1. The van der Waals surface area contributed by atoms with Gasteiger partial charge in [0, 0.05) is 17.8 Å². The van der Waals surface area contributed by atoms with Crippen LogP contribution in [0.5, 0.6) is 23.0 Å². The van der Waals surface area contributed by atoms with E-state index in [0.717, 1.165) is 27.9 Å². The van der Waals surface area contributed by atoms with Crippen molar-refractivity contribution in [2.45, 2.75) is 39.1 Å². The van der Waals surface area contributed by atoms with Gasteiger partial charge >= 0.3 is 0 Å². The van der Waals surface area contributed by atoms with E-state index in [1.165, 1.54) is 0 Å². The average molecular weight is 532 g/mol. The monoisotopic (exact) mass is 531 g/mol. The first-order valence-corrected chi connectivity index (χ1v) is 12.9. The number of thiocarbonyl (C=S) groups is 1. The second-order valence-corrected chi connectivity index (χ2v) is 10.4. The summed E-state index contributed by atoms with van der Waals surface area (Å²) in [6, 6.07) is 17.0. The minimum Gasteiger partial charge on any atom is -0.493 e. The quantitative estimate of drug-likeness (QED) is 0.453. The Kier molecular flexibility index (Phi) is 5.83. The molecule has 38 heavy (non-hydrogen) atoms. The van der Waals surface area contributed by atoms with Gasteiger partial charge in [0.2, 0.25) is 12.7 Å². The van der Waals surface area contributed by atoms with Crippen LogP contribution in [0.1, 0.15) is 35.2 Å². The van der Waals surface area contributed by atoms with E-state index in [1.54, 1.807) is 7.11 Å². The molecular formula is C29H29N3O5S. The molecule has 3 aromatic carbocycles. The summed E-state index contributed by atoms with van der Waals surface area (Å²) in [5.41, 5.74) is 3.55. The normalized spacial score (nSPS) is 22.7. The van der Waals surface area contributed by atoms with Crippen LogP contribution in [0.3, 0.4) is 0 Å². The van der Waals surface area contributed by atoms with Crippen molar-refractivity contribution >= 4 is 28.9 Å². The van der Waals surface area contributed by atoms with Gasteiger partial charge in [-0.15, -0.1) is 0 Å². The largest absolute Gasteiger partial charge is 0.493 e. The molecule has 2 N–H and O–H groups in total. The SMILES string of the molecule is COc1cccc2c1O[C@@]1(C)[C@@H](C(=O)Nc3ccc(C)cc3C)[C@H]2NC(=S)N1Cc1ccc2c(c1)OCO2. The molecule has 1 fully saturated rings. The van der Waals surface area contributed by atoms with E-state index in [2.05, 4.69) is 16.7 Å². The van der Waals surface area contributed by atoms with Crippen LogP contribution >= 0.6 is 12.2 Å². The smallest absolute Gasteiger partial charge is 0.236 e. The Morgan fingerprint density at radius 2 is 1.97 bits per heavy atom. The number of para-hydroxylation sites is 1. The third-order valence-corrected chi connectivity index (χ3v) is 7.88. The van der Waals surface area contributed by atoms with Gasteiger partial charge < -0.3 is 34.5 Å². The molecule has 0 aliphatic carbocycles. The number of hydrogen-bond acceptors (Lipinski definition) is 6. The fraction of sp³-hybridized carbons (Fsp3) is 0.310. The molecule has 0 radical (unpaired) electrons. The lowest BCUT2D eigenvalue weighted by Gasteiger charge is -2.56. The van der Waals surface area contributed by atoms with Crippen LogP contribution in [-0.4, -0.2) is 35.5 Å². The molecule has 9 heteroatoms. The second-order valence-electron chi connectivity index (χ2n) is 10.0. The highest BCUT2D eigenvalue weighted by atomic mass is 32.1. The number of carbonyl (C=O) groups excluding carboxylic acids is 1. The molecule has 0 saturated carbocycles. The molecule has 0 aromatic heterocycles. The highest BCUT2D eigenvalue weighted by Crippen LogP contribution is 2.52. The molecule has 6 rings (SSSR count). The number of ether oxygens (including phenoxy) is 4. The number of amides is 1. The lowest BCUT2D eigenvalue weighted by molar-refractivity contribution is -0.151. The molecule has 0 unspecified atom stereocenters. The number of rotatable bonds is 5. The molecule has 2 bridgehead atoms. The first kappa shape index (κ1) is 24.4. The standard InChI is InChI=1S/C29H29N3O5S/c1-16-8-10-20(17(2)12-16)30-27(33)24-25-19-6-5-7-22(34-4)26(19)37-29(24,3)32(28(38)31-25)14-18-9-11-21-23(13-18)36-15-35-21/h5-13,24-25H,14-15H2,1-4H3,(H,30,33)(H,31,38)/t24-,25+,29+/m1/s1. The van der Waals surface area contributed by atoms with Gasteiger partial charge in [-0.2, -0.15) is 0 Å². The number of benzene rings is 3. The Morgan fingerprint density at radius 3 is 2.76 bits per heavy atom. The van der Waals surface area contributed by atoms with Crippen molar-refractivity contribution in [3.05, 3.63) is 76.9 Å². The topological polar surface area (TPSA) is 81.3 Å². The van der Waals surface area contributed by atoms with Gasteiger partial charge in [-0.25, -0.2) is 0 Å². The van der Waals surface area contributed by atoms with Gasteiger partial charge in [-0.05, 0) is 68.4 Å². The molecular weight excluding hydrogens is 502 g/mol. The number of nitrogens with one attached hydrogen (secondary N) is 2. The molecule has 8 nitrogen and oxygen atoms in total. The van der Waals surface area contributed by atoms with Gasteiger partial charge in [0.15, 0.2) is 33.8 Å². The summed E-state index contributed by atoms with van der Waals surface area (Å²) in [6.07, 6.45) is 0. The zero-order valence-corrected chi connectivity index (χ0v) is 22.5. The number of anilines is 1. The molecule has 3 aromatic rings. The molecule has 1 amide bonds. The molecule has 1 saturated heterocycles. The number of aryl methyl sites for hydroxylation is 2. The summed E-state index contributed by atoms with van der Waals surface area (Å²) in [5.74, 6) is 1.79. The minimum atomic E-state index is -1.12. The molecule has 0 spiro atoms. The highest BCUT2D eigenvalue weighted by Gasteiger charge is 2.59. The number of methoxy groups -OCH3 is 1. The Labute approximate surface area is 226 Å². The summed E-state index contributed by atoms with van der Waals surface area (Å²) < 4.78 is 23.4. The first-order valence-electron chi connectivity index (χ1n) is 12.5. The summed E-state index contributed by atoms with van der Waals surface area (Å²) >= 11 is 5.86. The van der Waals surface area contributed by atoms with Gasteiger partial charge in [-0.3, -0.25) is 4.79 Å². The Bertz CT molecular complexity index is 1460. The van der Waals surface area contributed by atoms with Crippen LogP contribution in [0.15, 0.2) is 54.6 Å². The van der Waals surface area contributed by atoms with Crippen LogP contribution in [0, 0.1) is 19.8 Å². The van der Waals surface area contributed by atoms with E-state index in [1.807, 2.05) is 74.2 Å². The van der Waals surface area contributed by atoms with Crippen molar-refractivity contribution in [1.29, 1.82) is 0 Å². The summed E-state index contributed by atoms with van der Waals surface area (Å²) in [5, 5.41) is 7.10. The third kappa shape index (κ3) is 3.89. The summed E-state index contributed by atoms with van der Waals surface area (Å²) in [7, 11) is 1.61. The molecule has 196 valence electrons. The van der Waals surface area contributed by atoms with E-state index in [4.69, 9.17) is 31.2 Å². The fourth-order valence-corrected chi connectivity index (χ4v) is 5.99. The maximum absolute atomic E-state index is 14.1. The fourth-order valence-electron chi connectivity index (χ4n) is 5.61. The van der Waals surface area contributed by atoms with Crippen molar-refractivity contribution in [2.75, 3.05) is 19.2 Å². The Hall–Kier alpha value is -3.98. The number of fused-ring (bicyclic) bond motifs is 5. The summed E-state index contributed by atoms with van der Waals surface area (Å²) in [6.45, 7) is 6.53. The Morgan fingerprint density at radius 1 is 1.16 bits per heavy atom. The Balaban J connectivity index is 1.42. The summed E-state index contributed by atoms with van der Waals surface area (Å²) in [4.78, 5) is 16.0. The zero-order chi connectivity index (χ0) is 26.6. The molecule has 3 heterocycles. The average Bonchev–Trinajstić information content (AvgIpc) is 3.35. The van der Waals surface area contributed by atoms with E-state index < -0.39 is 17.7 Å². The number of carbonyl (C=O) groups is 1. The van der Waals surface area contributed by atoms with Gasteiger partial charge in [0.1, 0.15) is 5.92 Å².